The van der Waals surface area contributed by atoms with Crippen LogP contribution in [0.1, 0.15) is 12.0 Å². The number of para-hydroxylation sites is 1. The third kappa shape index (κ3) is 5.08. The molecule has 0 unspecified atom stereocenters. The zero-order chi connectivity index (χ0) is 19.2. The summed E-state index contributed by atoms with van der Waals surface area (Å²) < 4.78 is 0. The number of nitrogens with zero attached hydrogens (tertiary/aromatic N) is 1. The van der Waals surface area contributed by atoms with Crippen LogP contribution in [0.3, 0.4) is 0 Å². The van der Waals surface area contributed by atoms with Gasteiger partial charge in [0.05, 0.1) is 17.3 Å². The summed E-state index contributed by atoms with van der Waals surface area (Å²) in [4.78, 5) is 25.9. The summed E-state index contributed by atoms with van der Waals surface area (Å²) in [5.74, 6) is -0.345. The summed E-state index contributed by atoms with van der Waals surface area (Å²) in [5.41, 5.74) is 1.65. The van der Waals surface area contributed by atoms with E-state index in [0.29, 0.717) is 23.6 Å². The van der Waals surface area contributed by atoms with E-state index < -0.39 is 0 Å². The van der Waals surface area contributed by atoms with E-state index >= 15 is 0 Å². The number of hydrogen-bond acceptors (Lipinski definition) is 2. The molecule has 138 valence electrons. The fourth-order valence-electron chi connectivity index (χ4n) is 2.89. The second-order valence-electron chi connectivity index (χ2n) is 6.46. The second-order valence-corrected chi connectivity index (χ2v) is 6.87. The van der Waals surface area contributed by atoms with Crippen molar-refractivity contribution in [2.24, 2.45) is 0 Å². The molecule has 3 aromatic rings. The van der Waals surface area contributed by atoms with Gasteiger partial charge in [0, 0.05) is 13.5 Å². The lowest BCUT2D eigenvalue weighted by Gasteiger charge is -2.17. The Morgan fingerprint density at radius 3 is 2.44 bits per heavy atom. The first-order valence-corrected chi connectivity index (χ1v) is 9.17. The maximum atomic E-state index is 12.4. The predicted molar refractivity (Wildman–Crippen MR) is 110 cm³/mol. The van der Waals surface area contributed by atoms with Crippen molar-refractivity contribution in [3.05, 3.63) is 77.3 Å². The highest BCUT2D eigenvalue weighted by Gasteiger charge is 2.14. The van der Waals surface area contributed by atoms with Crippen LogP contribution in [-0.4, -0.2) is 30.3 Å². The number of aryl methyl sites for hydroxylation is 1. The molecule has 0 spiro atoms. The van der Waals surface area contributed by atoms with Gasteiger partial charge in [-0.2, -0.15) is 0 Å². The Balaban J connectivity index is 1.52. The lowest BCUT2D eigenvalue weighted by atomic mass is 10.0. The Hall–Kier alpha value is -2.85. The van der Waals surface area contributed by atoms with Crippen LogP contribution in [0.5, 0.6) is 0 Å². The minimum absolute atomic E-state index is 0.0121. The van der Waals surface area contributed by atoms with Crippen molar-refractivity contribution >= 4 is 39.9 Å². The van der Waals surface area contributed by atoms with Crippen molar-refractivity contribution in [3.63, 3.8) is 0 Å². The number of anilines is 1. The fourth-order valence-corrected chi connectivity index (χ4v) is 3.08. The SMILES string of the molecule is CN(CC(=O)Nc1ccccc1Cl)C(=O)CCc1ccc2ccccc2c1. The maximum absolute atomic E-state index is 12.4. The third-order valence-corrected chi connectivity index (χ3v) is 4.73. The third-order valence-electron chi connectivity index (χ3n) is 4.40. The van der Waals surface area contributed by atoms with Crippen LogP contribution < -0.4 is 5.32 Å². The Morgan fingerprint density at radius 2 is 1.67 bits per heavy atom. The molecule has 0 aliphatic rings. The van der Waals surface area contributed by atoms with Crippen molar-refractivity contribution in [1.82, 2.24) is 4.90 Å². The summed E-state index contributed by atoms with van der Waals surface area (Å²) in [6.07, 6.45) is 0.994. The van der Waals surface area contributed by atoms with E-state index in [1.54, 1.807) is 31.3 Å². The van der Waals surface area contributed by atoms with E-state index in [1.165, 1.54) is 10.3 Å². The molecular weight excluding hydrogens is 360 g/mol. The quantitative estimate of drug-likeness (QED) is 0.683. The summed E-state index contributed by atoms with van der Waals surface area (Å²) in [7, 11) is 1.63. The molecule has 0 saturated carbocycles. The molecule has 5 heteroatoms. The summed E-state index contributed by atoms with van der Waals surface area (Å²) in [6, 6.07) is 21.4. The molecule has 0 aromatic heterocycles. The largest absolute Gasteiger partial charge is 0.336 e. The van der Waals surface area contributed by atoms with Gasteiger partial charge < -0.3 is 10.2 Å². The van der Waals surface area contributed by atoms with Crippen molar-refractivity contribution < 1.29 is 9.59 Å². The molecule has 0 fully saturated rings. The van der Waals surface area contributed by atoms with Crippen molar-refractivity contribution in [2.45, 2.75) is 12.8 Å². The normalized spacial score (nSPS) is 10.6. The van der Waals surface area contributed by atoms with Gasteiger partial charge in [0.15, 0.2) is 0 Å². The molecule has 0 aliphatic heterocycles. The lowest BCUT2D eigenvalue weighted by molar-refractivity contribution is -0.133. The standard InChI is InChI=1S/C22H21ClN2O2/c1-25(15-21(26)24-20-9-5-4-8-19(20)23)22(27)13-11-16-10-12-17-6-2-3-7-18(17)14-16/h2-10,12,14H,11,13,15H2,1H3,(H,24,26). The van der Waals surface area contributed by atoms with Crippen LogP contribution in [-0.2, 0) is 16.0 Å². The molecule has 3 rings (SSSR count). The van der Waals surface area contributed by atoms with Gasteiger partial charge in [0.1, 0.15) is 0 Å². The zero-order valence-electron chi connectivity index (χ0n) is 15.1. The first-order valence-electron chi connectivity index (χ1n) is 8.79. The van der Waals surface area contributed by atoms with Crippen molar-refractivity contribution in [1.29, 1.82) is 0 Å². The molecule has 4 nitrogen and oxygen atoms in total. The minimum Gasteiger partial charge on any atom is -0.336 e. The minimum atomic E-state index is -0.273. The smallest absolute Gasteiger partial charge is 0.244 e. The van der Waals surface area contributed by atoms with Gasteiger partial charge in [0.25, 0.3) is 0 Å². The van der Waals surface area contributed by atoms with Gasteiger partial charge in [-0.25, -0.2) is 0 Å². The van der Waals surface area contributed by atoms with E-state index in [-0.39, 0.29) is 18.4 Å². The number of amides is 2. The van der Waals surface area contributed by atoms with Crippen LogP contribution in [0.4, 0.5) is 5.69 Å². The van der Waals surface area contributed by atoms with Gasteiger partial charge in [-0.05, 0) is 34.9 Å². The average Bonchev–Trinajstić information content (AvgIpc) is 2.67. The Bertz CT molecular complexity index is 971. The molecule has 0 saturated heterocycles. The van der Waals surface area contributed by atoms with E-state index in [2.05, 4.69) is 29.6 Å². The number of carbonyl (C=O) groups is 2. The number of carbonyl (C=O) groups excluding carboxylic acids is 2. The number of nitrogens with one attached hydrogen (secondary N) is 1. The van der Waals surface area contributed by atoms with E-state index in [9.17, 15) is 9.59 Å². The topological polar surface area (TPSA) is 49.4 Å². The number of hydrogen-bond donors (Lipinski definition) is 1. The van der Waals surface area contributed by atoms with Crippen LogP contribution in [0, 0.1) is 0 Å². The highest BCUT2D eigenvalue weighted by atomic mass is 35.5. The highest BCUT2D eigenvalue weighted by Crippen LogP contribution is 2.20. The van der Waals surface area contributed by atoms with Gasteiger partial charge >= 0.3 is 0 Å². The number of likely N-dealkylation sites (N-methyl/N-ethyl adjacent to an activating group) is 1. The van der Waals surface area contributed by atoms with E-state index in [4.69, 9.17) is 11.6 Å². The monoisotopic (exact) mass is 380 g/mol. The number of halogens is 1. The summed E-state index contributed by atoms with van der Waals surface area (Å²) >= 11 is 6.03. The van der Waals surface area contributed by atoms with Crippen LogP contribution in [0.15, 0.2) is 66.7 Å². The first kappa shape index (κ1) is 18.9. The van der Waals surface area contributed by atoms with Gasteiger partial charge in [0.2, 0.25) is 11.8 Å². The first-order chi connectivity index (χ1) is 13.0. The molecule has 2 amide bonds. The Kier molecular flexibility index (Phi) is 6.09. The van der Waals surface area contributed by atoms with Gasteiger partial charge in [-0.1, -0.05) is 66.2 Å². The van der Waals surface area contributed by atoms with Crippen molar-refractivity contribution in [3.8, 4) is 0 Å². The number of rotatable bonds is 6. The highest BCUT2D eigenvalue weighted by molar-refractivity contribution is 6.33. The van der Waals surface area contributed by atoms with Gasteiger partial charge in [-0.3, -0.25) is 9.59 Å². The van der Waals surface area contributed by atoms with Crippen LogP contribution in [0.2, 0.25) is 5.02 Å². The average molecular weight is 381 g/mol. The molecular formula is C22H21ClN2O2. The molecule has 0 bridgehead atoms. The molecule has 27 heavy (non-hydrogen) atoms. The molecule has 0 radical (unpaired) electrons. The summed E-state index contributed by atoms with van der Waals surface area (Å²) in [5, 5.41) is 5.54. The van der Waals surface area contributed by atoms with Crippen LogP contribution in [0.25, 0.3) is 10.8 Å². The molecule has 0 atom stereocenters. The zero-order valence-corrected chi connectivity index (χ0v) is 15.9. The fraction of sp³-hybridized carbons (Fsp3) is 0.182. The van der Waals surface area contributed by atoms with E-state index in [1.807, 2.05) is 18.2 Å². The Labute approximate surface area is 163 Å². The molecule has 0 heterocycles. The predicted octanol–water partition coefficient (Wildman–Crippen LogP) is 4.52. The maximum Gasteiger partial charge on any atom is 0.244 e. The van der Waals surface area contributed by atoms with Crippen LogP contribution >= 0.6 is 11.6 Å². The summed E-state index contributed by atoms with van der Waals surface area (Å²) in [6.45, 7) is -0.0121. The van der Waals surface area contributed by atoms with Crippen molar-refractivity contribution in [2.75, 3.05) is 18.9 Å². The number of fused-ring (bicyclic) bond motifs is 1. The van der Waals surface area contributed by atoms with Gasteiger partial charge in [-0.15, -0.1) is 0 Å². The molecule has 1 N–H and O–H groups in total. The molecule has 0 aliphatic carbocycles. The number of benzene rings is 3. The van der Waals surface area contributed by atoms with E-state index in [0.717, 1.165) is 10.9 Å². The molecule has 3 aromatic carbocycles. The Morgan fingerprint density at radius 1 is 0.963 bits per heavy atom. The second kappa shape index (κ2) is 8.69. The lowest BCUT2D eigenvalue weighted by Crippen LogP contribution is -2.35.